The van der Waals surface area contributed by atoms with Crippen molar-refractivity contribution in [1.29, 1.82) is 0 Å². The molecule has 0 aliphatic carbocycles. The SMILES string of the molecule is COC(=O)CNCCc1ccc(SC(C)C)cc1. The third-order valence-electron chi connectivity index (χ3n) is 2.38. The Morgan fingerprint density at radius 1 is 1.33 bits per heavy atom. The lowest BCUT2D eigenvalue weighted by molar-refractivity contribution is -0.139. The first kappa shape index (κ1) is 15.1. The number of thioether (sulfide) groups is 1. The van der Waals surface area contributed by atoms with Crippen molar-refractivity contribution in [3.8, 4) is 0 Å². The van der Waals surface area contributed by atoms with Gasteiger partial charge in [0.1, 0.15) is 0 Å². The zero-order valence-electron chi connectivity index (χ0n) is 11.2. The van der Waals surface area contributed by atoms with Crippen molar-refractivity contribution in [2.75, 3.05) is 20.2 Å². The number of esters is 1. The number of hydrogen-bond donors (Lipinski definition) is 1. The fraction of sp³-hybridized carbons (Fsp3) is 0.500. The van der Waals surface area contributed by atoms with Crippen molar-refractivity contribution in [1.82, 2.24) is 5.32 Å². The molecule has 100 valence electrons. The minimum Gasteiger partial charge on any atom is -0.468 e. The van der Waals surface area contributed by atoms with Gasteiger partial charge < -0.3 is 10.1 Å². The largest absolute Gasteiger partial charge is 0.468 e. The van der Waals surface area contributed by atoms with Crippen LogP contribution in [0.5, 0.6) is 0 Å². The highest BCUT2D eigenvalue weighted by atomic mass is 32.2. The number of carbonyl (C=O) groups excluding carboxylic acids is 1. The molecule has 18 heavy (non-hydrogen) atoms. The average molecular weight is 267 g/mol. The highest BCUT2D eigenvalue weighted by molar-refractivity contribution is 7.99. The van der Waals surface area contributed by atoms with Crippen molar-refractivity contribution in [2.45, 2.75) is 30.4 Å². The number of rotatable bonds is 7. The summed E-state index contributed by atoms with van der Waals surface area (Å²) in [4.78, 5) is 12.2. The maximum absolute atomic E-state index is 10.9. The van der Waals surface area contributed by atoms with E-state index in [1.807, 2.05) is 11.8 Å². The normalized spacial score (nSPS) is 10.7. The van der Waals surface area contributed by atoms with E-state index in [2.05, 4.69) is 48.2 Å². The summed E-state index contributed by atoms with van der Waals surface area (Å²) in [5, 5.41) is 3.66. The second-order valence-corrected chi connectivity index (χ2v) is 5.96. The van der Waals surface area contributed by atoms with Crippen molar-refractivity contribution in [3.63, 3.8) is 0 Å². The number of methoxy groups -OCH3 is 1. The predicted molar refractivity (Wildman–Crippen MR) is 76.0 cm³/mol. The maximum Gasteiger partial charge on any atom is 0.319 e. The fourth-order valence-electron chi connectivity index (χ4n) is 1.50. The van der Waals surface area contributed by atoms with E-state index in [9.17, 15) is 4.79 Å². The third kappa shape index (κ3) is 6.07. The molecule has 0 bridgehead atoms. The van der Waals surface area contributed by atoms with Gasteiger partial charge in [-0.15, -0.1) is 11.8 Å². The summed E-state index contributed by atoms with van der Waals surface area (Å²) in [5.74, 6) is -0.223. The topological polar surface area (TPSA) is 38.3 Å². The van der Waals surface area contributed by atoms with Crippen LogP contribution in [-0.2, 0) is 16.0 Å². The van der Waals surface area contributed by atoms with Gasteiger partial charge in [0, 0.05) is 10.1 Å². The zero-order valence-corrected chi connectivity index (χ0v) is 12.0. The predicted octanol–water partition coefficient (Wildman–Crippen LogP) is 2.49. The highest BCUT2D eigenvalue weighted by Gasteiger charge is 2.00. The van der Waals surface area contributed by atoms with E-state index in [-0.39, 0.29) is 12.5 Å². The van der Waals surface area contributed by atoms with Gasteiger partial charge in [-0.1, -0.05) is 26.0 Å². The Labute approximate surface area is 113 Å². The number of carbonyl (C=O) groups is 1. The molecule has 0 amide bonds. The Hall–Kier alpha value is -1.00. The molecular formula is C14H21NO2S. The molecule has 0 aromatic heterocycles. The van der Waals surface area contributed by atoms with Crippen molar-refractivity contribution in [2.24, 2.45) is 0 Å². The number of ether oxygens (including phenoxy) is 1. The molecule has 0 aliphatic heterocycles. The van der Waals surface area contributed by atoms with Gasteiger partial charge in [-0.25, -0.2) is 0 Å². The molecule has 0 unspecified atom stereocenters. The highest BCUT2D eigenvalue weighted by Crippen LogP contribution is 2.22. The first-order chi connectivity index (χ1) is 8.61. The monoisotopic (exact) mass is 267 g/mol. The third-order valence-corrected chi connectivity index (χ3v) is 3.40. The summed E-state index contributed by atoms with van der Waals surface area (Å²) in [7, 11) is 1.40. The van der Waals surface area contributed by atoms with Crippen LogP contribution in [0, 0.1) is 0 Å². The van der Waals surface area contributed by atoms with Crippen LogP contribution in [-0.4, -0.2) is 31.4 Å². The van der Waals surface area contributed by atoms with E-state index < -0.39 is 0 Å². The zero-order chi connectivity index (χ0) is 13.4. The Kier molecular flexibility index (Phi) is 6.83. The van der Waals surface area contributed by atoms with Gasteiger partial charge in [-0.3, -0.25) is 4.79 Å². The van der Waals surface area contributed by atoms with Crippen LogP contribution < -0.4 is 5.32 Å². The standard InChI is InChI=1S/C14H21NO2S/c1-11(2)18-13-6-4-12(5-7-13)8-9-15-10-14(16)17-3/h4-7,11,15H,8-10H2,1-3H3. The first-order valence-corrected chi connectivity index (χ1v) is 7.03. The summed E-state index contributed by atoms with van der Waals surface area (Å²) in [6.07, 6.45) is 0.920. The Bertz CT molecular complexity index is 363. The molecule has 4 heteroatoms. The maximum atomic E-state index is 10.9. The quantitative estimate of drug-likeness (QED) is 0.468. The van der Waals surface area contributed by atoms with Gasteiger partial charge in [0.25, 0.3) is 0 Å². The second-order valence-electron chi connectivity index (χ2n) is 4.31. The summed E-state index contributed by atoms with van der Waals surface area (Å²) in [6.45, 7) is 5.44. The lowest BCUT2D eigenvalue weighted by Crippen LogP contribution is -2.25. The summed E-state index contributed by atoms with van der Waals surface area (Å²) >= 11 is 1.87. The van der Waals surface area contributed by atoms with E-state index in [1.165, 1.54) is 17.6 Å². The molecule has 0 fully saturated rings. The Balaban J connectivity index is 2.28. The number of hydrogen-bond acceptors (Lipinski definition) is 4. The van der Waals surface area contributed by atoms with Gasteiger partial charge in [0.05, 0.1) is 13.7 Å². The summed E-state index contributed by atoms with van der Waals surface area (Å²) in [6, 6.07) is 8.59. The van der Waals surface area contributed by atoms with Crippen LogP contribution in [0.25, 0.3) is 0 Å². The molecule has 0 radical (unpaired) electrons. The molecule has 0 spiro atoms. The van der Waals surface area contributed by atoms with Gasteiger partial charge in [0.2, 0.25) is 0 Å². The lowest BCUT2D eigenvalue weighted by atomic mass is 10.1. The van der Waals surface area contributed by atoms with E-state index in [1.54, 1.807) is 0 Å². The molecule has 1 N–H and O–H groups in total. The fourth-order valence-corrected chi connectivity index (χ4v) is 2.34. The second kappa shape index (κ2) is 8.16. The van der Waals surface area contributed by atoms with Crippen LogP contribution >= 0.6 is 11.8 Å². The molecular weight excluding hydrogens is 246 g/mol. The average Bonchev–Trinajstić information content (AvgIpc) is 2.35. The van der Waals surface area contributed by atoms with Crippen LogP contribution in [0.3, 0.4) is 0 Å². The molecule has 0 saturated heterocycles. The van der Waals surface area contributed by atoms with Gasteiger partial charge in [-0.2, -0.15) is 0 Å². The van der Waals surface area contributed by atoms with Gasteiger partial charge >= 0.3 is 5.97 Å². The molecule has 0 aliphatic rings. The van der Waals surface area contributed by atoms with Crippen LogP contribution in [0.4, 0.5) is 0 Å². The molecule has 3 nitrogen and oxygen atoms in total. The smallest absolute Gasteiger partial charge is 0.319 e. The lowest BCUT2D eigenvalue weighted by Gasteiger charge is -2.07. The minimum absolute atomic E-state index is 0.223. The number of nitrogens with one attached hydrogen (secondary N) is 1. The van der Waals surface area contributed by atoms with Gasteiger partial charge in [-0.05, 0) is 30.7 Å². The van der Waals surface area contributed by atoms with Crippen LogP contribution in [0.2, 0.25) is 0 Å². The summed E-state index contributed by atoms with van der Waals surface area (Å²) < 4.78 is 4.55. The molecule has 1 aromatic carbocycles. The minimum atomic E-state index is -0.223. The Morgan fingerprint density at radius 3 is 2.56 bits per heavy atom. The molecule has 0 heterocycles. The first-order valence-electron chi connectivity index (χ1n) is 6.15. The van der Waals surface area contributed by atoms with E-state index in [0.29, 0.717) is 5.25 Å². The van der Waals surface area contributed by atoms with E-state index >= 15 is 0 Å². The number of benzene rings is 1. The van der Waals surface area contributed by atoms with Crippen molar-refractivity contribution < 1.29 is 9.53 Å². The van der Waals surface area contributed by atoms with Gasteiger partial charge in [0.15, 0.2) is 0 Å². The molecule has 0 saturated carbocycles. The van der Waals surface area contributed by atoms with Crippen LogP contribution in [0.15, 0.2) is 29.2 Å². The van der Waals surface area contributed by atoms with E-state index in [0.717, 1.165) is 13.0 Å². The molecule has 1 aromatic rings. The summed E-state index contributed by atoms with van der Waals surface area (Å²) in [5.41, 5.74) is 1.28. The van der Waals surface area contributed by atoms with Crippen molar-refractivity contribution in [3.05, 3.63) is 29.8 Å². The molecule has 1 rings (SSSR count). The van der Waals surface area contributed by atoms with Crippen molar-refractivity contribution >= 4 is 17.7 Å². The molecule has 0 atom stereocenters. The van der Waals surface area contributed by atoms with Crippen LogP contribution in [0.1, 0.15) is 19.4 Å². The Morgan fingerprint density at radius 2 is 2.00 bits per heavy atom. The van der Waals surface area contributed by atoms with E-state index in [4.69, 9.17) is 0 Å².